The van der Waals surface area contributed by atoms with Gasteiger partial charge in [0, 0.05) is 13.1 Å². The van der Waals surface area contributed by atoms with Crippen molar-refractivity contribution >= 4 is 17.4 Å². The number of nitrogens with one attached hydrogen (secondary N) is 1. The molecule has 1 heterocycles. The molecule has 0 aliphatic heterocycles. The molecule has 88 valence electrons. The molecule has 1 aromatic rings. The summed E-state index contributed by atoms with van der Waals surface area (Å²) < 4.78 is 0. The molecule has 0 aromatic carbocycles. The van der Waals surface area contributed by atoms with Gasteiger partial charge in [-0.25, -0.2) is 9.97 Å². The average molecular weight is 223 g/mol. The molecule has 0 aliphatic rings. The van der Waals surface area contributed by atoms with Crippen LogP contribution in [0.15, 0.2) is 12.5 Å². The number of hydrogen-bond donors (Lipinski definition) is 2. The molecule has 6 nitrogen and oxygen atoms in total. The minimum atomic E-state index is -0.0395. The van der Waals surface area contributed by atoms with Crippen LogP contribution in [-0.4, -0.2) is 35.5 Å². The third-order valence-corrected chi connectivity index (χ3v) is 2.11. The van der Waals surface area contributed by atoms with Crippen LogP contribution in [0.1, 0.15) is 13.8 Å². The van der Waals surface area contributed by atoms with E-state index in [0.29, 0.717) is 24.6 Å². The van der Waals surface area contributed by atoms with Gasteiger partial charge in [-0.2, -0.15) is 0 Å². The average Bonchev–Trinajstić information content (AvgIpc) is 2.27. The number of carbonyl (C=O) groups excluding carboxylic acids is 1. The molecule has 16 heavy (non-hydrogen) atoms. The van der Waals surface area contributed by atoms with Crippen molar-refractivity contribution in [2.75, 3.05) is 30.3 Å². The molecule has 0 aliphatic carbocycles. The summed E-state index contributed by atoms with van der Waals surface area (Å²) in [6.45, 7) is 5.37. The Morgan fingerprint density at radius 1 is 1.56 bits per heavy atom. The predicted octanol–water partition coefficient (Wildman–Crippen LogP) is 0.0212. The quantitative estimate of drug-likeness (QED) is 0.735. The molecular formula is C10H17N5O. The van der Waals surface area contributed by atoms with Gasteiger partial charge in [-0.1, -0.05) is 0 Å². The molecule has 6 heteroatoms. The Hall–Kier alpha value is -1.85. The summed E-state index contributed by atoms with van der Waals surface area (Å²) in [6.07, 6.45) is 2.95. The standard InChI is InChI=1S/C10H17N5O/c1-3-13-9(16)6-15(4-2)10-8(11)5-12-7-14-10/h5,7H,3-4,6,11H2,1-2H3,(H,13,16). The Kier molecular flexibility index (Phi) is 4.50. The van der Waals surface area contributed by atoms with Crippen LogP contribution in [0.3, 0.4) is 0 Å². The number of rotatable bonds is 5. The van der Waals surface area contributed by atoms with Gasteiger partial charge in [0.05, 0.1) is 18.4 Å². The van der Waals surface area contributed by atoms with Crippen molar-refractivity contribution in [3.05, 3.63) is 12.5 Å². The van der Waals surface area contributed by atoms with Crippen LogP contribution >= 0.6 is 0 Å². The summed E-state index contributed by atoms with van der Waals surface area (Å²) in [5, 5.41) is 2.73. The van der Waals surface area contributed by atoms with Crippen LogP contribution in [0, 0.1) is 0 Å². The van der Waals surface area contributed by atoms with Crippen molar-refractivity contribution in [3.63, 3.8) is 0 Å². The minimum Gasteiger partial charge on any atom is -0.394 e. The highest BCUT2D eigenvalue weighted by atomic mass is 16.2. The number of nitrogens with zero attached hydrogens (tertiary/aromatic N) is 3. The fourth-order valence-corrected chi connectivity index (χ4v) is 1.36. The second-order valence-corrected chi connectivity index (χ2v) is 3.27. The van der Waals surface area contributed by atoms with Crippen molar-refractivity contribution in [1.82, 2.24) is 15.3 Å². The zero-order valence-electron chi connectivity index (χ0n) is 9.60. The van der Waals surface area contributed by atoms with Crippen molar-refractivity contribution in [1.29, 1.82) is 0 Å². The van der Waals surface area contributed by atoms with Gasteiger partial charge in [0.25, 0.3) is 0 Å². The third kappa shape index (κ3) is 3.08. The fraction of sp³-hybridized carbons (Fsp3) is 0.500. The number of amides is 1. The van der Waals surface area contributed by atoms with E-state index in [-0.39, 0.29) is 12.5 Å². The van der Waals surface area contributed by atoms with Crippen LogP contribution in [0.5, 0.6) is 0 Å². The molecule has 0 saturated heterocycles. The predicted molar refractivity (Wildman–Crippen MR) is 63.0 cm³/mol. The lowest BCUT2D eigenvalue weighted by Gasteiger charge is -2.21. The van der Waals surface area contributed by atoms with Gasteiger partial charge >= 0.3 is 0 Å². The Morgan fingerprint density at radius 3 is 2.88 bits per heavy atom. The minimum absolute atomic E-state index is 0.0395. The summed E-state index contributed by atoms with van der Waals surface area (Å²) in [5.74, 6) is 0.561. The zero-order valence-corrected chi connectivity index (χ0v) is 9.60. The van der Waals surface area contributed by atoms with Crippen LogP contribution < -0.4 is 16.0 Å². The van der Waals surface area contributed by atoms with E-state index in [1.165, 1.54) is 12.5 Å². The number of carbonyl (C=O) groups is 1. The normalized spacial score (nSPS) is 9.88. The number of nitrogens with two attached hydrogens (primary N) is 1. The first-order chi connectivity index (χ1) is 7.69. The van der Waals surface area contributed by atoms with Crippen LogP contribution in [-0.2, 0) is 4.79 Å². The maximum absolute atomic E-state index is 11.5. The summed E-state index contributed by atoms with van der Waals surface area (Å²) >= 11 is 0. The molecule has 1 amide bonds. The van der Waals surface area contributed by atoms with Crippen LogP contribution in [0.2, 0.25) is 0 Å². The maximum atomic E-state index is 11.5. The summed E-state index contributed by atoms with van der Waals surface area (Å²) in [7, 11) is 0. The van der Waals surface area contributed by atoms with E-state index in [0.717, 1.165) is 0 Å². The van der Waals surface area contributed by atoms with Gasteiger partial charge in [0.15, 0.2) is 5.82 Å². The Morgan fingerprint density at radius 2 is 2.31 bits per heavy atom. The maximum Gasteiger partial charge on any atom is 0.239 e. The molecule has 1 aromatic heterocycles. The molecule has 0 spiro atoms. The summed E-state index contributed by atoms with van der Waals surface area (Å²) in [4.78, 5) is 21.2. The fourth-order valence-electron chi connectivity index (χ4n) is 1.36. The lowest BCUT2D eigenvalue weighted by molar-refractivity contribution is -0.119. The molecule has 0 radical (unpaired) electrons. The van der Waals surface area contributed by atoms with Crippen molar-refractivity contribution in [2.24, 2.45) is 0 Å². The van der Waals surface area contributed by atoms with Gasteiger partial charge in [-0.3, -0.25) is 4.79 Å². The Bertz CT molecular complexity index is 355. The lowest BCUT2D eigenvalue weighted by atomic mass is 10.4. The highest BCUT2D eigenvalue weighted by molar-refractivity contribution is 5.82. The van der Waals surface area contributed by atoms with E-state index in [1.807, 2.05) is 18.7 Å². The zero-order chi connectivity index (χ0) is 12.0. The van der Waals surface area contributed by atoms with Gasteiger partial charge < -0.3 is 16.0 Å². The molecule has 0 unspecified atom stereocenters. The number of nitrogen functional groups attached to an aromatic ring is 1. The Labute approximate surface area is 94.9 Å². The second-order valence-electron chi connectivity index (χ2n) is 3.27. The van der Waals surface area contributed by atoms with E-state index in [1.54, 1.807) is 0 Å². The highest BCUT2D eigenvalue weighted by Gasteiger charge is 2.12. The van der Waals surface area contributed by atoms with Crippen molar-refractivity contribution in [2.45, 2.75) is 13.8 Å². The molecule has 1 rings (SSSR count). The highest BCUT2D eigenvalue weighted by Crippen LogP contribution is 2.16. The summed E-state index contributed by atoms with van der Waals surface area (Å²) in [6, 6.07) is 0. The third-order valence-electron chi connectivity index (χ3n) is 2.11. The second kappa shape index (κ2) is 5.89. The topological polar surface area (TPSA) is 84.1 Å². The van der Waals surface area contributed by atoms with Gasteiger partial charge in [-0.05, 0) is 13.8 Å². The largest absolute Gasteiger partial charge is 0.394 e. The number of hydrogen-bond acceptors (Lipinski definition) is 5. The lowest BCUT2D eigenvalue weighted by Crippen LogP contribution is -2.37. The van der Waals surface area contributed by atoms with Crippen molar-refractivity contribution < 1.29 is 4.79 Å². The monoisotopic (exact) mass is 223 g/mol. The first-order valence-corrected chi connectivity index (χ1v) is 5.26. The van der Waals surface area contributed by atoms with Crippen molar-refractivity contribution in [3.8, 4) is 0 Å². The first-order valence-electron chi connectivity index (χ1n) is 5.26. The smallest absolute Gasteiger partial charge is 0.239 e. The SMILES string of the molecule is CCNC(=O)CN(CC)c1ncncc1N. The molecule has 0 saturated carbocycles. The number of aromatic nitrogens is 2. The molecular weight excluding hydrogens is 206 g/mol. The van der Waals surface area contributed by atoms with Gasteiger partial charge in [0.2, 0.25) is 5.91 Å². The van der Waals surface area contributed by atoms with Gasteiger partial charge in [-0.15, -0.1) is 0 Å². The van der Waals surface area contributed by atoms with Crippen LogP contribution in [0.25, 0.3) is 0 Å². The van der Waals surface area contributed by atoms with E-state index in [9.17, 15) is 4.79 Å². The summed E-state index contributed by atoms with van der Waals surface area (Å²) in [5.41, 5.74) is 6.23. The van der Waals surface area contributed by atoms with Gasteiger partial charge in [0.1, 0.15) is 6.33 Å². The Balaban J connectivity index is 2.75. The molecule has 3 N–H and O–H groups in total. The molecule has 0 bridgehead atoms. The molecule has 0 atom stereocenters. The number of anilines is 2. The van der Waals surface area contributed by atoms with E-state index >= 15 is 0 Å². The number of likely N-dealkylation sites (N-methyl/N-ethyl adjacent to an activating group) is 2. The van der Waals surface area contributed by atoms with E-state index in [2.05, 4.69) is 15.3 Å². The van der Waals surface area contributed by atoms with E-state index in [4.69, 9.17) is 5.73 Å². The first kappa shape index (κ1) is 12.2. The molecule has 0 fully saturated rings. The van der Waals surface area contributed by atoms with E-state index < -0.39 is 0 Å². The van der Waals surface area contributed by atoms with Crippen LogP contribution in [0.4, 0.5) is 11.5 Å².